The Kier molecular flexibility index (Phi) is 5.50. The number of nitrogens with zero attached hydrogens (tertiary/aromatic N) is 1. The molecule has 7 heteroatoms. The molecule has 1 amide bonds. The van der Waals surface area contributed by atoms with E-state index in [2.05, 4.69) is 5.32 Å². The number of hydrogen-bond donors (Lipinski definition) is 3. The highest BCUT2D eigenvalue weighted by molar-refractivity contribution is 6.32. The van der Waals surface area contributed by atoms with E-state index < -0.39 is 11.9 Å². The fraction of sp³-hybridized carbons (Fsp3) is 0.174. The van der Waals surface area contributed by atoms with Crippen molar-refractivity contribution in [3.8, 4) is 11.5 Å². The van der Waals surface area contributed by atoms with E-state index in [9.17, 15) is 19.4 Å². The van der Waals surface area contributed by atoms with Gasteiger partial charge in [0.25, 0.3) is 5.91 Å². The lowest BCUT2D eigenvalue weighted by Gasteiger charge is -2.38. The molecule has 4 rings (SSSR count). The number of rotatable bonds is 5. The van der Waals surface area contributed by atoms with Crippen molar-refractivity contribution >= 4 is 23.2 Å². The van der Waals surface area contributed by atoms with Crippen molar-refractivity contribution in [2.75, 3.05) is 11.9 Å². The van der Waals surface area contributed by atoms with Gasteiger partial charge in [-0.2, -0.15) is 0 Å². The monoisotopic (exact) mass is 426 g/mol. The number of carbonyl (C=O) groups is 1. The summed E-state index contributed by atoms with van der Waals surface area (Å²) >= 11 is 6.05. The Bertz CT molecular complexity index is 1070. The summed E-state index contributed by atoms with van der Waals surface area (Å²) in [6.45, 7) is 0.432. The largest absolute Gasteiger partial charge is 0.504 e. The number of amides is 1. The number of fused-ring (bicyclic) bond motifs is 1. The SMILES string of the molecule is O=C1c2ccccc2NC(c2cc(O)c(O)c(Cl)c2)N1CCCc1ccc(F)cc1. The minimum atomic E-state index is -0.565. The molecule has 5 nitrogen and oxygen atoms in total. The summed E-state index contributed by atoms with van der Waals surface area (Å²) in [6, 6.07) is 16.4. The van der Waals surface area contributed by atoms with Gasteiger partial charge in [0.05, 0.1) is 10.6 Å². The number of hydrogen-bond acceptors (Lipinski definition) is 4. The van der Waals surface area contributed by atoms with E-state index in [0.29, 0.717) is 36.2 Å². The number of phenolic OH excluding ortho intramolecular Hbond substituents is 2. The highest BCUT2D eigenvalue weighted by Gasteiger charge is 2.33. The van der Waals surface area contributed by atoms with Crippen LogP contribution in [0.4, 0.5) is 10.1 Å². The molecule has 0 radical (unpaired) electrons. The molecule has 0 aromatic heterocycles. The predicted octanol–water partition coefficient (Wildman–Crippen LogP) is 5.09. The number of anilines is 1. The fourth-order valence-corrected chi connectivity index (χ4v) is 3.88. The second-order valence-electron chi connectivity index (χ2n) is 7.19. The normalized spacial score (nSPS) is 15.6. The van der Waals surface area contributed by atoms with E-state index in [1.807, 2.05) is 12.1 Å². The van der Waals surface area contributed by atoms with Gasteiger partial charge in [0.15, 0.2) is 11.5 Å². The van der Waals surface area contributed by atoms with Gasteiger partial charge in [0.1, 0.15) is 12.0 Å². The summed E-state index contributed by atoms with van der Waals surface area (Å²) in [5.41, 5.74) is 2.78. The maximum atomic E-state index is 13.2. The summed E-state index contributed by atoms with van der Waals surface area (Å²) in [5, 5.41) is 23.1. The molecule has 1 unspecified atom stereocenters. The summed E-state index contributed by atoms with van der Waals surface area (Å²) < 4.78 is 13.1. The van der Waals surface area contributed by atoms with Crippen molar-refractivity contribution in [2.24, 2.45) is 0 Å². The molecule has 3 N–H and O–H groups in total. The van der Waals surface area contributed by atoms with Gasteiger partial charge in [-0.05, 0) is 54.8 Å². The molecular formula is C23H20ClFN2O3. The summed E-state index contributed by atoms with van der Waals surface area (Å²) in [4.78, 5) is 14.9. The number of nitrogens with one attached hydrogen (secondary N) is 1. The van der Waals surface area contributed by atoms with Crippen LogP contribution in [0.15, 0.2) is 60.7 Å². The maximum Gasteiger partial charge on any atom is 0.257 e. The van der Waals surface area contributed by atoms with Gasteiger partial charge in [0, 0.05) is 17.8 Å². The first kappa shape index (κ1) is 20.0. The van der Waals surface area contributed by atoms with Crippen LogP contribution in [0.25, 0.3) is 0 Å². The smallest absolute Gasteiger partial charge is 0.257 e. The lowest BCUT2D eigenvalue weighted by atomic mass is 10.0. The number of phenols is 2. The lowest BCUT2D eigenvalue weighted by molar-refractivity contribution is 0.0680. The van der Waals surface area contributed by atoms with Crippen LogP contribution in [0.3, 0.4) is 0 Å². The zero-order valence-corrected chi connectivity index (χ0v) is 16.7. The summed E-state index contributed by atoms with van der Waals surface area (Å²) in [6.07, 6.45) is 0.778. The molecule has 30 heavy (non-hydrogen) atoms. The maximum absolute atomic E-state index is 13.2. The Hall–Kier alpha value is -3.25. The molecular weight excluding hydrogens is 407 g/mol. The second-order valence-corrected chi connectivity index (χ2v) is 7.60. The highest BCUT2D eigenvalue weighted by Crippen LogP contribution is 2.39. The third-order valence-corrected chi connectivity index (χ3v) is 5.47. The van der Waals surface area contributed by atoms with E-state index in [1.165, 1.54) is 24.3 Å². The van der Waals surface area contributed by atoms with Gasteiger partial charge in [-0.3, -0.25) is 4.79 Å². The summed E-state index contributed by atoms with van der Waals surface area (Å²) in [5.74, 6) is -1.17. The molecule has 154 valence electrons. The summed E-state index contributed by atoms with van der Waals surface area (Å²) in [7, 11) is 0. The number of aryl methyl sites for hydroxylation is 1. The van der Waals surface area contributed by atoms with E-state index in [1.54, 1.807) is 29.2 Å². The first-order valence-corrected chi connectivity index (χ1v) is 9.94. The second kappa shape index (κ2) is 8.24. The van der Waals surface area contributed by atoms with Crippen LogP contribution in [0.2, 0.25) is 5.02 Å². The molecule has 1 aliphatic heterocycles. The molecule has 0 saturated heterocycles. The highest BCUT2D eigenvalue weighted by atomic mass is 35.5. The minimum absolute atomic E-state index is 0.00405. The Morgan fingerprint density at radius 1 is 1.07 bits per heavy atom. The Labute approximate surface area is 178 Å². The molecule has 0 aliphatic carbocycles. The molecule has 0 bridgehead atoms. The van der Waals surface area contributed by atoms with Crippen molar-refractivity contribution < 1.29 is 19.4 Å². The van der Waals surface area contributed by atoms with Crippen LogP contribution in [0.1, 0.15) is 34.1 Å². The first-order valence-electron chi connectivity index (χ1n) is 9.56. The quantitative estimate of drug-likeness (QED) is 0.497. The van der Waals surface area contributed by atoms with Crippen LogP contribution >= 0.6 is 11.6 Å². The molecule has 1 aliphatic rings. The number of para-hydroxylation sites is 1. The molecule has 0 spiro atoms. The van der Waals surface area contributed by atoms with Crippen LogP contribution < -0.4 is 5.32 Å². The van der Waals surface area contributed by atoms with Crippen molar-refractivity contribution in [1.82, 2.24) is 4.90 Å². The standard InChI is InChI=1S/C23H20ClFN2O3/c24-18-12-15(13-20(28)21(18)29)22-26-19-6-2-1-5-17(19)23(30)27(22)11-3-4-14-7-9-16(25)10-8-14/h1-2,5-10,12-13,22,26,28-29H,3-4,11H2. The van der Waals surface area contributed by atoms with Gasteiger partial charge in [0.2, 0.25) is 0 Å². The lowest BCUT2D eigenvalue weighted by Crippen LogP contribution is -2.43. The van der Waals surface area contributed by atoms with Crippen LogP contribution in [0.5, 0.6) is 11.5 Å². The van der Waals surface area contributed by atoms with Crippen LogP contribution in [-0.2, 0) is 6.42 Å². The molecule has 0 saturated carbocycles. The zero-order valence-electron chi connectivity index (χ0n) is 16.0. The third-order valence-electron chi connectivity index (χ3n) is 5.18. The average Bonchev–Trinajstić information content (AvgIpc) is 2.74. The predicted molar refractivity (Wildman–Crippen MR) is 113 cm³/mol. The molecule has 1 atom stereocenters. The van der Waals surface area contributed by atoms with E-state index in [-0.39, 0.29) is 22.5 Å². The van der Waals surface area contributed by atoms with Gasteiger partial charge >= 0.3 is 0 Å². The average molecular weight is 427 g/mol. The fourth-order valence-electron chi connectivity index (χ4n) is 3.65. The Morgan fingerprint density at radius 3 is 2.53 bits per heavy atom. The Morgan fingerprint density at radius 2 is 1.80 bits per heavy atom. The van der Waals surface area contributed by atoms with Crippen molar-refractivity contribution in [1.29, 1.82) is 0 Å². The van der Waals surface area contributed by atoms with Crippen molar-refractivity contribution in [2.45, 2.75) is 19.0 Å². The van der Waals surface area contributed by atoms with Gasteiger partial charge in [-0.1, -0.05) is 35.9 Å². The third kappa shape index (κ3) is 3.91. The number of benzene rings is 3. The Balaban J connectivity index is 1.62. The van der Waals surface area contributed by atoms with Gasteiger partial charge < -0.3 is 20.4 Å². The number of halogens is 2. The molecule has 3 aromatic carbocycles. The van der Waals surface area contributed by atoms with Gasteiger partial charge in [-0.15, -0.1) is 0 Å². The van der Waals surface area contributed by atoms with Crippen molar-refractivity contribution in [3.05, 3.63) is 88.2 Å². The van der Waals surface area contributed by atoms with E-state index >= 15 is 0 Å². The van der Waals surface area contributed by atoms with Crippen molar-refractivity contribution in [3.63, 3.8) is 0 Å². The molecule has 1 heterocycles. The van der Waals surface area contributed by atoms with E-state index in [4.69, 9.17) is 11.6 Å². The number of aromatic hydroxyl groups is 2. The molecule has 0 fully saturated rings. The first-order chi connectivity index (χ1) is 14.4. The topological polar surface area (TPSA) is 72.8 Å². The minimum Gasteiger partial charge on any atom is -0.504 e. The van der Waals surface area contributed by atoms with Crippen LogP contribution in [0, 0.1) is 5.82 Å². The van der Waals surface area contributed by atoms with Gasteiger partial charge in [-0.25, -0.2) is 4.39 Å². The molecule has 3 aromatic rings. The van der Waals surface area contributed by atoms with E-state index in [0.717, 1.165) is 5.56 Å². The zero-order chi connectivity index (χ0) is 21.3. The van der Waals surface area contributed by atoms with Crippen LogP contribution in [-0.4, -0.2) is 27.6 Å². The number of carbonyl (C=O) groups excluding carboxylic acids is 1.